The van der Waals surface area contributed by atoms with Gasteiger partial charge in [0.15, 0.2) is 0 Å². The minimum Gasteiger partial charge on any atom is -0.497 e. The lowest BCUT2D eigenvalue weighted by Gasteiger charge is -2.34. The summed E-state index contributed by atoms with van der Waals surface area (Å²) in [5.41, 5.74) is 2.61. The van der Waals surface area contributed by atoms with Gasteiger partial charge >= 0.3 is 0 Å². The first-order valence-corrected chi connectivity index (χ1v) is 16.0. The van der Waals surface area contributed by atoms with Gasteiger partial charge in [-0.1, -0.05) is 60.2 Å². The third-order valence-electron chi connectivity index (χ3n) is 7.22. The van der Waals surface area contributed by atoms with Crippen LogP contribution >= 0.6 is 0 Å². The largest absolute Gasteiger partial charge is 0.497 e. The van der Waals surface area contributed by atoms with Crippen molar-refractivity contribution < 1.29 is 27.1 Å². The van der Waals surface area contributed by atoms with Gasteiger partial charge in [0.05, 0.1) is 17.7 Å². The highest BCUT2D eigenvalue weighted by atomic mass is 32.2. The third-order valence-corrected chi connectivity index (χ3v) is 9.00. The highest BCUT2D eigenvalue weighted by Gasteiger charge is 2.34. The van der Waals surface area contributed by atoms with E-state index in [0.717, 1.165) is 15.4 Å². The highest BCUT2D eigenvalue weighted by molar-refractivity contribution is 7.92. The first kappa shape index (κ1) is 33.2. The molecule has 0 aliphatic heterocycles. The number of ether oxygens (including phenoxy) is 1. The van der Waals surface area contributed by atoms with E-state index in [4.69, 9.17) is 4.74 Å². The number of hydrogen-bond donors (Lipinski definition) is 1. The molecule has 0 spiro atoms. The van der Waals surface area contributed by atoms with E-state index in [0.29, 0.717) is 11.3 Å². The average molecular weight is 632 g/mol. The second-order valence-electron chi connectivity index (χ2n) is 11.0. The zero-order valence-corrected chi connectivity index (χ0v) is 26.6. The molecule has 0 radical (unpaired) electrons. The molecule has 2 amide bonds. The molecule has 4 aromatic rings. The molecule has 0 saturated heterocycles. The molecule has 8 nitrogen and oxygen atoms in total. The second kappa shape index (κ2) is 14.9. The van der Waals surface area contributed by atoms with Crippen LogP contribution in [0.1, 0.15) is 30.5 Å². The van der Waals surface area contributed by atoms with Crippen LogP contribution in [0.25, 0.3) is 0 Å². The Kier molecular flexibility index (Phi) is 11.0. The van der Waals surface area contributed by atoms with Crippen LogP contribution in [0, 0.1) is 12.7 Å². The van der Waals surface area contributed by atoms with E-state index >= 15 is 0 Å². The van der Waals surface area contributed by atoms with Crippen LogP contribution < -0.4 is 14.4 Å². The number of aryl methyl sites for hydroxylation is 1. The molecule has 4 aromatic carbocycles. The van der Waals surface area contributed by atoms with Crippen molar-refractivity contribution in [3.8, 4) is 5.75 Å². The summed E-state index contributed by atoms with van der Waals surface area (Å²) in [6, 6.07) is 26.5. The molecule has 45 heavy (non-hydrogen) atoms. The summed E-state index contributed by atoms with van der Waals surface area (Å²) in [5.74, 6) is -0.940. The molecule has 10 heteroatoms. The van der Waals surface area contributed by atoms with Crippen molar-refractivity contribution in [2.75, 3.05) is 18.0 Å². The van der Waals surface area contributed by atoms with Gasteiger partial charge in [0.2, 0.25) is 11.8 Å². The Labute approximate surface area is 264 Å². The normalized spacial score (nSPS) is 12.0. The van der Waals surface area contributed by atoms with Gasteiger partial charge in [0.1, 0.15) is 24.2 Å². The molecule has 236 valence electrons. The topological polar surface area (TPSA) is 96.0 Å². The predicted octanol–water partition coefficient (Wildman–Crippen LogP) is 5.50. The average Bonchev–Trinajstić information content (AvgIpc) is 3.03. The SMILES string of the molecule is COc1ccc(S(=O)(=O)N(CC(=O)N(Cc2ccc(F)cc2)C(Cc2ccccc2)C(=O)NC(C)C)c2ccc(C)cc2)cc1. The number of hydrogen-bond acceptors (Lipinski definition) is 5. The maximum absolute atomic E-state index is 14.4. The van der Waals surface area contributed by atoms with Gasteiger partial charge in [-0.05, 0) is 80.4 Å². The van der Waals surface area contributed by atoms with Crippen LogP contribution in [0.15, 0.2) is 108 Å². The van der Waals surface area contributed by atoms with Crippen molar-refractivity contribution in [1.82, 2.24) is 10.2 Å². The van der Waals surface area contributed by atoms with Crippen LogP contribution in [0.2, 0.25) is 0 Å². The molecule has 4 rings (SSSR count). The Morgan fingerprint density at radius 3 is 2.04 bits per heavy atom. The van der Waals surface area contributed by atoms with E-state index in [1.54, 1.807) is 36.4 Å². The van der Waals surface area contributed by atoms with Crippen LogP contribution in [0.3, 0.4) is 0 Å². The van der Waals surface area contributed by atoms with E-state index in [2.05, 4.69) is 5.32 Å². The fraction of sp³-hybridized carbons (Fsp3) is 0.257. The summed E-state index contributed by atoms with van der Waals surface area (Å²) in [6.45, 7) is 4.89. The molecule has 0 aromatic heterocycles. The number of carbonyl (C=O) groups is 2. The van der Waals surface area contributed by atoms with Crippen molar-refractivity contribution in [2.24, 2.45) is 0 Å². The van der Waals surface area contributed by atoms with Gasteiger partial charge in [-0.15, -0.1) is 0 Å². The number of anilines is 1. The monoisotopic (exact) mass is 631 g/mol. The standard InChI is InChI=1S/C35H38FN3O5S/c1-25(2)37-35(41)33(22-27-8-6-5-7-9-27)38(23-28-12-14-29(36)15-13-28)34(40)24-39(30-16-10-26(3)11-17-30)45(42,43)32-20-18-31(44-4)19-21-32/h5-21,25,33H,22-24H2,1-4H3,(H,37,41). The van der Waals surface area contributed by atoms with Crippen LogP contribution in [-0.2, 0) is 32.6 Å². The number of nitrogens with one attached hydrogen (secondary N) is 1. The van der Waals surface area contributed by atoms with Crippen LogP contribution in [0.4, 0.5) is 10.1 Å². The van der Waals surface area contributed by atoms with E-state index in [-0.39, 0.29) is 35.5 Å². The second-order valence-corrected chi connectivity index (χ2v) is 12.9. The number of rotatable bonds is 13. The number of methoxy groups -OCH3 is 1. The summed E-state index contributed by atoms with van der Waals surface area (Å²) < 4.78 is 48.3. The quantitative estimate of drug-likeness (QED) is 0.210. The lowest BCUT2D eigenvalue weighted by atomic mass is 10.0. The first-order valence-electron chi connectivity index (χ1n) is 14.6. The molecular weight excluding hydrogens is 593 g/mol. The van der Waals surface area contributed by atoms with Crippen molar-refractivity contribution in [3.63, 3.8) is 0 Å². The number of halogens is 1. The Bertz CT molecular complexity index is 1680. The van der Waals surface area contributed by atoms with Crippen LogP contribution in [-0.4, -0.2) is 50.9 Å². The maximum Gasteiger partial charge on any atom is 0.264 e. The number of carbonyl (C=O) groups excluding carboxylic acids is 2. The minimum atomic E-state index is -4.24. The molecule has 0 saturated carbocycles. The van der Waals surface area contributed by atoms with Crippen molar-refractivity contribution in [3.05, 3.63) is 126 Å². The zero-order valence-electron chi connectivity index (χ0n) is 25.8. The highest BCUT2D eigenvalue weighted by Crippen LogP contribution is 2.27. The summed E-state index contributed by atoms with van der Waals surface area (Å²) in [5, 5.41) is 2.91. The smallest absolute Gasteiger partial charge is 0.264 e. The van der Waals surface area contributed by atoms with E-state index in [1.165, 1.54) is 48.4 Å². The molecule has 1 unspecified atom stereocenters. The fourth-order valence-corrected chi connectivity index (χ4v) is 6.25. The number of sulfonamides is 1. The Hall–Kier alpha value is -4.70. The summed E-state index contributed by atoms with van der Waals surface area (Å²) in [6.07, 6.45) is 0.183. The van der Waals surface area contributed by atoms with Crippen molar-refractivity contribution in [1.29, 1.82) is 0 Å². The summed E-state index contributed by atoms with van der Waals surface area (Å²) in [4.78, 5) is 29.5. The zero-order chi connectivity index (χ0) is 32.6. The predicted molar refractivity (Wildman–Crippen MR) is 173 cm³/mol. The maximum atomic E-state index is 14.4. The molecule has 0 fully saturated rings. The fourth-order valence-electron chi connectivity index (χ4n) is 4.84. The Balaban J connectivity index is 1.79. The number of amides is 2. The third kappa shape index (κ3) is 8.69. The van der Waals surface area contributed by atoms with Gasteiger partial charge in [0.25, 0.3) is 10.0 Å². The minimum absolute atomic E-state index is 0.0276. The molecule has 0 aliphatic carbocycles. The van der Waals surface area contributed by atoms with Gasteiger partial charge < -0.3 is 15.0 Å². The van der Waals surface area contributed by atoms with Gasteiger partial charge in [-0.2, -0.15) is 0 Å². The molecule has 1 N–H and O–H groups in total. The molecule has 0 aliphatic rings. The van der Waals surface area contributed by atoms with Crippen molar-refractivity contribution >= 4 is 27.5 Å². The Morgan fingerprint density at radius 2 is 1.47 bits per heavy atom. The van der Waals surface area contributed by atoms with E-state index in [1.807, 2.05) is 51.1 Å². The molecule has 0 bridgehead atoms. The van der Waals surface area contributed by atoms with Gasteiger partial charge in [-0.25, -0.2) is 12.8 Å². The Morgan fingerprint density at radius 1 is 0.844 bits per heavy atom. The molecule has 0 heterocycles. The van der Waals surface area contributed by atoms with Gasteiger partial charge in [-0.3, -0.25) is 13.9 Å². The number of benzene rings is 4. The molecular formula is C35H38FN3O5S. The summed E-state index contributed by atoms with van der Waals surface area (Å²) in [7, 11) is -2.76. The van der Waals surface area contributed by atoms with Gasteiger partial charge in [0, 0.05) is 19.0 Å². The van der Waals surface area contributed by atoms with E-state index < -0.39 is 34.3 Å². The van der Waals surface area contributed by atoms with Crippen molar-refractivity contribution in [2.45, 2.75) is 50.7 Å². The number of nitrogens with zero attached hydrogens (tertiary/aromatic N) is 2. The lowest BCUT2D eigenvalue weighted by molar-refractivity contribution is -0.140. The summed E-state index contributed by atoms with van der Waals surface area (Å²) >= 11 is 0. The first-order chi connectivity index (χ1) is 21.5. The van der Waals surface area contributed by atoms with E-state index in [9.17, 15) is 22.4 Å². The van der Waals surface area contributed by atoms with Crippen LogP contribution in [0.5, 0.6) is 5.75 Å². The molecule has 1 atom stereocenters. The lowest BCUT2D eigenvalue weighted by Crippen LogP contribution is -2.54.